The standard InChI is InChI=1S/C14H12FNO2.C7H14O4/c1-16-14(17)10-6-8-11(9-7-10)18-13-5-3-2-4-12(13)15;1-4-7(10)6(9)2-5(3-8)11-4/h2-9H,1H3,(H,16,17);4-10H,2-3H2,1H3/t;4-,5?,6?,7?/m.1/s1. The fourth-order valence-corrected chi connectivity index (χ4v) is 2.75. The van der Waals surface area contributed by atoms with Gasteiger partial charge in [-0.25, -0.2) is 4.39 Å². The van der Waals surface area contributed by atoms with Crippen LogP contribution in [-0.4, -0.2) is 59.3 Å². The van der Waals surface area contributed by atoms with Gasteiger partial charge in [0.15, 0.2) is 11.6 Å². The number of ether oxygens (including phenoxy) is 2. The molecular weight excluding hydrogens is 381 g/mol. The van der Waals surface area contributed by atoms with Crippen molar-refractivity contribution in [2.75, 3.05) is 13.7 Å². The summed E-state index contributed by atoms with van der Waals surface area (Å²) in [5.41, 5.74) is 0.526. The normalized spacial score (nSPS) is 23.5. The molecule has 0 aliphatic carbocycles. The molecule has 0 spiro atoms. The molecule has 1 fully saturated rings. The third kappa shape index (κ3) is 6.50. The van der Waals surface area contributed by atoms with E-state index in [-0.39, 0.29) is 24.4 Å². The number of halogens is 1. The molecule has 0 radical (unpaired) electrons. The zero-order valence-electron chi connectivity index (χ0n) is 16.3. The van der Waals surface area contributed by atoms with E-state index >= 15 is 0 Å². The van der Waals surface area contributed by atoms with Crippen molar-refractivity contribution in [1.29, 1.82) is 0 Å². The molecule has 4 atom stereocenters. The maximum Gasteiger partial charge on any atom is 0.251 e. The summed E-state index contributed by atoms with van der Waals surface area (Å²) in [7, 11) is 1.56. The summed E-state index contributed by atoms with van der Waals surface area (Å²) in [6.45, 7) is 1.57. The molecule has 1 aliphatic heterocycles. The van der Waals surface area contributed by atoms with Crippen molar-refractivity contribution in [3.05, 3.63) is 59.9 Å². The number of para-hydroxylation sites is 1. The highest BCUT2D eigenvalue weighted by atomic mass is 19.1. The molecule has 1 saturated heterocycles. The molecule has 1 heterocycles. The molecule has 3 rings (SSSR count). The molecule has 29 heavy (non-hydrogen) atoms. The second kappa shape index (κ2) is 10.9. The van der Waals surface area contributed by atoms with Crippen molar-refractivity contribution in [2.45, 2.75) is 37.8 Å². The summed E-state index contributed by atoms with van der Waals surface area (Å²) < 4.78 is 23.9. The van der Waals surface area contributed by atoms with E-state index in [2.05, 4.69) is 5.32 Å². The molecule has 8 heteroatoms. The molecule has 3 unspecified atom stereocenters. The Morgan fingerprint density at radius 1 is 1.21 bits per heavy atom. The summed E-state index contributed by atoms with van der Waals surface area (Å²) in [6.07, 6.45) is -2.00. The minimum Gasteiger partial charge on any atom is -0.454 e. The fourth-order valence-electron chi connectivity index (χ4n) is 2.75. The number of benzene rings is 2. The van der Waals surface area contributed by atoms with Crippen LogP contribution in [0.25, 0.3) is 0 Å². The van der Waals surface area contributed by atoms with E-state index in [4.69, 9.17) is 14.6 Å². The Balaban J connectivity index is 0.000000234. The van der Waals surface area contributed by atoms with Crippen LogP contribution in [0.5, 0.6) is 11.5 Å². The van der Waals surface area contributed by atoms with Crippen LogP contribution in [0.4, 0.5) is 4.39 Å². The van der Waals surface area contributed by atoms with Crippen LogP contribution in [0.1, 0.15) is 23.7 Å². The Hall–Kier alpha value is -2.52. The molecule has 1 amide bonds. The summed E-state index contributed by atoms with van der Waals surface area (Å²) in [5.74, 6) is 0.0401. The average Bonchev–Trinajstić information content (AvgIpc) is 2.73. The molecule has 0 aromatic heterocycles. The Morgan fingerprint density at radius 2 is 1.86 bits per heavy atom. The number of aliphatic hydroxyl groups excluding tert-OH is 3. The number of carbonyl (C=O) groups excluding carboxylic acids is 1. The number of rotatable bonds is 4. The maximum absolute atomic E-state index is 13.3. The van der Waals surface area contributed by atoms with E-state index in [1.54, 1.807) is 56.4 Å². The molecule has 4 N–H and O–H groups in total. The van der Waals surface area contributed by atoms with Gasteiger partial charge in [0.2, 0.25) is 0 Å². The lowest BCUT2D eigenvalue weighted by Crippen LogP contribution is -2.47. The molecule has 7 nitrogen and oxygen atoms in total. The van der Waals surface area contributed by atoms with Crippen molar-refractivity contribution in [1.82, 2.24) is 5.32 Å². The van der Waals surface area contributed by atoms with Gasteiger partial charge in [-0.2, -0.15) is 0 Å². The van der Waals surface area contributed by atoms with E-state index in [0.717, 1.165) is 0 Å². The van der Waals surface area contributed by atoms with Crippen molar-refractivity contribution in [3.63, 3.8) is 0 Å². The number of amides is 1. The summed E-state index contributed by atoms with van der Waals surface area (Å²) >= 11 is 0. The van der Waals surface area contributed by atoms with Crippen LogP contribution in [0.15, 0.2) is 48.5 Å². The third-order valence-corrected chi connectivity index (χ3v) is 4.40. The Morgan fingerprint density at radius 3 is 2.41 bits per heavy atom. The largest absolute Gasteiger partial charge is 0.454 e. The van der Waals surface area contributed by atoms with Crippen LogP contribution >= 0.6 is 0 Å². The molecule has 0 bridgehead atoms. The van der Waals surface area contributed by atoms with Crippen molar-refractivity contribution in [2.24, 2.45) is 0 Å². The van der Waals surface area contributed by atoms with Gasteiger partial charge in [0.1, 0.15) is 11.9 Å². The van der Waals surface area contributed by atoms with E-state index in [1.807, 2.05) is 0 Å². The van der Waals surface area contributed by atoms with Gasteiger partial charge in [-0.1, -0.05) is 12.1 Å². The first-order valence-corrected chi connectivity index (χ1v) is 9.22. The van der Waals surface area contributed by atoms with Gasteiger partial charge in [-0.05, 0) is 43.3 Å². The summed E-state index contributed by atoms with van der Waals surface area (Å²) in [4.78, 5) is 11.3. The van der Waals surface area contributed by atoms with Crippen molar-refractivity contribution >= 4 is 5.91 Å². The zero-order chi connectivity index (χ0) is 21.4. The van der Waals surface area contributed by atoms with Gasteiger partial charge < -0.3 is 30.1 Å². The average molecular weight is 407 g/mol. The van der Waals surface area contributed by atoms with E-state index in [9.17, 15) is 19.4 Å². The molecule has 158 valence electrons. The second-order valence-electron chi connectivity index (χ2n) is 6.58. The highest BCUT2D eigenvalue weighted by molar-refractivity contribution is 5.94. The predicted octanol–water partition coefficient (Wildman–Crippen LogP) is 1.86. The van der Waals surface area contributed by atoms with Crippen LogP contribution < -0.4 is 10.1 Å². The van der Waals surface area contributed by atoms with Crippen molar-refractivity contribution in [3.8, 4) is 11.5 Å². The topological polar surface area (TPSA) is 108 Å². The van der Waals surface area contributed by atoms with Gasteiger partial charge in [0, 0.05) is 19.0 Å². The first kappa shape index (κ1) is 22.8. The number of aliphatic hydroxyl groups is 3. The number of hydrogen-bond donors (Lipinski definition) is 4. The zero-order valence-corrected chi connectivity index (χ0v) is 16.3. The Labute approximate surface area is 168 Å². The molecule has 2 aromatic rings. The highest BCUT2D eigenvalue weighted by Crippen LogP contribution is 2.24. The first-order valence-electron chi connectivity index (χ1n) is 9.22. The first-order chi connectivity index (χ1) is 13.8. The van der Waals surface area contributed by atoms with Gasteiger partial charge in [-0.3, -0.25) is 4.79 Å². The second-order valence-corrected chi connectivity index (χ2v) is 6.58. The van der Waals surface area contributed by atoms with Gasteiger partial charge in [0.05, 0.1) is 24.9 Å². The van der Waals surface area contributed by atoms with E-state index in [0.29, 0.717) is 17.7 Å². The summed E-state index contributed by atoms with van der Waals surface area (Å²) in [5, 5.41) is 29.6. The van der Waals surface area contributed by atoms with Gasteiger partial charge in [0.25, 0.3) is 5.91 Å². The fraction of sp³-hybridized carbons (Fsp3) is 0.381. The SMILES string of the molecule is CNC(=O)c1ccc(Oc2ccccc2F)cc1.C[C@H]1OC(CO)CC(O)C1O. The van der Waals surface area contributed by atoms with Crippen LogP contribution in [0, 0.1) is 5.82 Å². The number of nitrogens with one attached hydrogen (secondary N) is 1. The lowest BCUT2D eigenvalue weighted by atomic mass is 9.99. The molecule has 1 aliphatic rings. The molecule has 0 saturated carbocycles. The minimum absolute atomic E-state index is 0.103. The van der Waals surface area contributed by atoms with Crippen LogP contribution in [-0.2, 0) is 4.74 Å². The number of carbonyl (C=O) groups is 1. The monoisotopic (exact) mass is 407 g/mol. The summed E-state index contributed by atoms with van der Waals surface area (Å²) in [6, 6.07) is 12.6. The lowest BCUT2D eigenvalue weighted by Gasteiger charge is -2.34. The Bertz CT molecular complexity index is 773. The van der Waals surface area contributed by atoms with E-state index < -0.39 is 24.1 Å². The number of hydrogen-bond acceptors (Lipinski definition) is 6. The molecule has 2 aromatic carbocycles. The quantitative estimate of drug-likeness (QED) is 0.616. The van der Waals surface area contributed by atoms with Crippen molar-refractivity contribution < 1.29 is 34.0 Å². The molecular formula is C21H26FNO6. The lowest BCUT2D eigenvalue weighted by molar-refractivity contribution is -0.170. The third-order valence-electron chi connectivity index (χ3n) is 4.40. The smallest absolute Gasteiger partial charge is 0.251 e. The Kier molecular flexibility index (Phi) is 8.53. The van der Waals surface area contributed by atoms with Crippen LogP contribution in [0.2, 0.25) is 0 Å². The van der Waals surface area contributed by atoms with Crippen LogP contribution in [0.3, 0.4) is 0 Å². The maximum atomic E-state index is 13.3. The predicted molar refractivity (Wildman–Crippen MR) is 104 cm³/mol. The van der Waals surface area contributed by atoms with Gasteiger partial charge in [-0.15, -0.1) is 0 Å². The van der Waals surface area contributed by atoms with E-state index in [1.165, 1.54) is 6.07 Å². The van der Waals surface area contributed by atoms with Gasteiger partial charge >= 0.3 is 0 Å². The minimum atomic E-state index is -0.821. The highest BCUT2D eigenvalue weighted by Gasteiger charge is 2.33.